The fraction of sp³-hybridized carbons (Fsp3) is 0.538. The predicted octanol–water partition coefficient (Wildman–Crippen LogP) is 2.85. The molecule has 1 unspecified atom stereocenters. The van der Waals surface area contributed by atoms with Gasteiger partial charge in [-0.15, -0.1) is 0 Å². The van der Waals surface area contributed by atoms with Gasteiger partial charge in [0.2, 0.25) is 0 Å². The lowest BCUT2D eigenvalue weighted by Crippen LogP contribution is -2.22. The zero-order chi connectivity index (χ0) is 11.7. The van der Waals surface area contributed by atoms with E-state index in [9.17, 15) is 0 Å². The second-order valence-electron chi connectivity index (χ2n) is 4.73. The number of anilines is 1. The molecule has 0 aromatic heterocycles. The first kappa shape index (κ1) is 11.9. The Hall–Kier alpha value is -0.540. The summed E-state index contributed by atoms with van der Waals surface area (Å²) in [4.78, 5) is 2.45. The number of aryl methyl sites for hydroxylation is 2. The van der Waals surface area contributed by atoms with Gasteiger partial charge >= 0.3 is 0 Å². The van der Waals surface area contributed by atoms with Crippen LogP contribution in [-0.2, 0) is 0 Å². The van der Waals surface area contributed by atoms with Crippen molar-refractivity contribution in [2.75, 3.05) is 24.5 Å². The zero-order valence-electron chi connectivity index (χ0n) is 9.96. The number of hydrogen-bond donors (Lipinski definition) is 1. The quantitative estimate of drug-likeness (QED) is 0.904. The first-order chi connectivity index (χ1) is 7.61. The van der Waals surface area contributed by atoms with E-state index in [1.54, 1.807) is 0 Å². The van der Waals surface area contributed by atoms with Gasteiger partial charge in [-0.25, -0.2) is 0 Å². The number of benzene rings is 1. The number of nitrogens with two attached hydrogens (primary N) is 1. The molecule has 1 aromatic carbocycles. The molecule has 1 saturated heterocycles. The van der Waals surface area contributed by atoms with E-state index < -0.39 is 0 Å². The van der Waals surface area contributed by atoms with E-state index in [0.717, 1.165) is 19.6 Å². The normalized spacial score (nSPS) is 20.5. The second kappa shape index (κ2) is 4.76. The molecule has 0 bridgehead atoms. The van der Waals surface area contributed by atoms with Crippen molar-refractivity contribution in [3.63, 3.8) is 0 Å². The molecule has 1 aliphatic heterocycles. The van der Waals surface area contributed by atoms with Crippen LogP contribution in [-0.4, -0.2) is 19.6 Å². The van der Waals surface area contributed by atoms with E-state index in [1.807, 2.05) is 0 Å². The zero-order valence-corrected chi connectivity index (χ0v) is 11.5. The van der Waals surface area contributed by atoms with E-state index >= 15 is 0 Å². The summed E-state index contributed by atoms with van der Waals surface area (Å²) >= 11 is 3.61. The summed E-state index contributed by atoms with van der Waals surface area (Å²) in [5.74, 6) is 0.671. The SMILES string of the molecule is Cc1cc(N2CCC(CN)C2)cc(C)c1Br. The summed E-state index contributed by atoms with van der Waals surface area (Å²) < 4.78 is 1.23. The van der Waals surface area contributed by atoms with Crippen LogP contribution in [0.3, 0.4) is 0 Å². The molecule has 3 heteroatoms. The second-order valence-corrected chi connectivity index (χ2v) is 5.52. The third kappa shape index (κ3) is 2.25. The Labute approximate surface area is 106 Å². The molecule has 1 heterocycles. The maximum absolute atomic E-state index is 5.72. The Morgan fingerprint density at radius 2 is 2.00 bits per heavy atom. The van der Waals surface area contributed by atoms with Crippen LogP contribution in [0.5, 0.6) is 0 Å². The highest BCUT2D eigenvalue weighted by Crippen LogP contribution is 2.30. The molecule has 0 aliphatic carbocycles. The highest BCUT2D eigenvalue weighted by atomic mass is 79.9. The fourth-order valence-electron chi connectivity index (χ4n) is 2.37. The van der Waals surface area contributed by atoms with E-state index in [4.69, 9.17) is 5.73 Å². The molecular weight excluding hydrogens is 264 g/mol. The molecular formula is C13H19BrN2. The molecule has 2 N–H and O–H groups in total. The third-order valence-electron chi connectivity index (χ3n) is 3.41. The van der Waals surface area contributed by atoms with Crippen molar-refractivity contribution in [3.8, 4) is 0 Å². The maximum Gasteiger partial charge on any atom is 0.0372 e. The highest BCUT2D eigenvalue weighted by Gasteiger charge is 2.21. The molecule has 0 spiro atoms. The van der Waals surface area contributed by atoms with Gasteiger partial charge in [-0.3, -0.25) is 0 Å². The molecule has 1 fully saturated rings. The molecule has 0 amide bonds. The average Bonchev–Trinajstić information content (AvgIpc) is 2.73. The third-order valence-corrected chi connectivity index (χ3v) is 4.66. The number of nitrogens with zero attached hydrogens (tertiary/aromatic N) is 1. The first-order valence-electron chi connectivity index (χ1n) is 5.83. The summed E-state index contributed by atoms with van der Waals surface area (Å²) in [5.41, 5.74) is 9.69. The Bertz CT molecular complexity index is 367. The first-order valence-corrected chi connectivity index (χ1v) is 6.63. The summed E-state index contributed by atoms with van der Waals surface area (Å²) in [6.45, 7) is 7.36. The van der Waals surface area contributed by atoms with Crippen molar-refractivity contribution in [1.29, 1.82) is 0 Å². The van der Waals surface area contributed by atoms with E-state index in [0.29, 0.717) is 5.92 Å². The van der Waals surface area contributed by atoms with Crippen LogP contribution in [0.4, 0.5) is 5.69 Å². The maximum atomic E-state index is 5.72. The standard InChI is InChI=1S/C13H19BrN2/c1-9-5-12(6-10(2)13(9)14)16-4-3-11(7-15)8-16/h5-6,11H,3-4,7-8,15H2,1-2H3. The van der Waals surface area contributed by atoms with E-state index in [2.05, 4.69) is 46.8 Å². The van der Waals surface area contributed by atoms with E-state index in [1.165, 1.54) is 27.7 Å². The Morgan fingerprint density at radius 3 is 2.50 bits per heavy atom. The van der Waals surface area contributed by atoms with Crippen LogP contribution in [0, 0.1) is 19.8 Å². The predicted molar refractivity (Wildman–Crippen MR) is 73.0 cm³/mol. The number of halogens is 1. The van der Waals surface area contributed by atoms with Gasteiger partial charge < -0.3 is 10.6 Å². The molecule has 1 aromatic rings. The van der Waals surface area contributed by atoms with Crippen molar-refractivity contribution in [1.82, 2.24) is 0 Å². The Balaban J connectivity index is 2.22. The van der Waals surface area contributed by atoms with Crippen LogP contribution < -0.4 is 10.6 Å². The molecule has 88 valence electrons. The lowest BCUT2D eigenvalue weighted by molar-refractivity contribution is 0.602. The van der Waals surface area contributed by atoms with Gasteiger partial charge in [-0.2, -0.15) is 0 Å². The Morgan fingerprint density at radius 1 is 1.38 bits per heavy atom. The molecule has 2 nitrogen and oxygen atoms in total. The van der Waals surface area contributed by atoms with E-state index in [-0.39, 0.29) is 0 Å². The van der Waals surface area contributed by atoms with Gasteiger partial charge in [0, 0.05) is 23.2 Å². The van der Waals surface area contributed by atoms with Gasteiger partial charge in [-0.1, -0.05) is 15.9 Å². The van der Waals surface area contributed by atoms with Gasteiger partial charge in [0.1, 0.15) is 0 Å². The van der Waals surface area contributed by atoms with Crippen molar-refractivity contribution in [2.24, 2.45) is 11.7 Å². The van der Waals surface area contributed by atoms with Gasteiger partial charge in [0.25, 0.3) is 0 Å². The largest absolute Gasteiger partial charge is 0.371 e. The average molecular weight is 283 g/mol. The molecule has 0 radical (unpaired) electrons. The smallest absolute Gasteiger partial charge is 0.0372 e. The molecule has 1 atom stereocenters. The molecule has 0 saturated carbocycles. The fourth-order valence-corrected chi connectivity index (χ4v) is 2.59. The van der Waals surface area contributed by atoms with Crippen molar-refractivity contribution >= 4 is 21.6 Å². The van der Waals surface area contributed by atoms with Gasteiger partial charge in [-0.05, 0) is 56.0 Å². The van der Waals surface area contributed by atoms with Crippen LogP contribution in [0.2, 0.25) is 0 Å². The minimum Gasteiger partial charge on any atom is -0.371 e. The van der Waals surface area contributed by atoms with Crippen molar-refractivity contribution in [3.05, 3.63) is 27.7 Å². The topological polar surface area (TPSA) is 29.3 Å². The lowest BCUT2D eigenvalue weighted by atomic mass is 10.1. The number of rotatable bonds is 2. The summed E-state index contributed by atoms with van der Waals surface area (Å²) in [7, 11) is 0. The molecule has 16 heavy (non-hydrogen) atoms. The van der Waals surface area contributed by atoms with Crippen LogP contribution in [0.1, 0.15) is 17.5 Å². The van der Waals surface area contributed by atoms with Crippen LogP contribution in [0.15, 0.2) is 16.6 Å². The summed E-state index contributed by atoms with van der Waals surface area (Å²) in [6, 6.07) is 4.52. The van der Waals surface area contributed by atoms with Gasteiger partial charge in [0.15, 0.2) is 0 Å². The summed E-state index contributed by atoms with van der Waals surface area (Å²) in [5, 5.41) is 0. The summed E-state index contributed by atoms with van der Waals surface area (Å²) in [6.07, 6.45) is 1.23. The highest BCUT2D eigenvalue weighted by molar-refractivity contribution is 9.10. The number of hydrogen-bond acceptors (Lipinski definition) is 2. The van der Waals surface area contributed by atoms with Crippen molar-refractivity contribution < 1.29 is 0 Å². The minimum absolute atomic E-state index is 0.671. The minimum atomic E-state index is 0.671. The van der Waals surface area contributed by atoms with Crippen LogP contribution >= 0.6 is 15.9 Å². The van der Waals surface area contributed by atoms with Crippen molar-refractivity contribution in [2.45, 2.75) is 20.3 Å². The molecule has 2 rings (SSSR count). The molecule has 1 aliphatic rings. The monoisotopic (exact) mass is 282 g/mol. The van der Waals surface area contributed by atoms with Gasteiger partial charge in [0.05, 0.1) is 0 Å². The van der Waals surface area contributed by atoms with Crippen LogP contribution in [0.25, 0.3) is 0 Å². The lowest BCUT2D eigenvalue weighted by Gasteiger charge is -2.20. The Kier molecular flexibility index (Phi) is 3.55.